The van der Waals surface area contributed by atoms with E-state index in [1.807, 2.05) is 5.38 Å². The molecule has 0 spiro atoms. The molecule has 1 N–H and O–H groups in total. The van der Waals surface area contributed by atoms with Crippen molar-refractivity contribution in [2.45, 2.75) is 12.6 Å². The Hall–Kier alpha value is -2.38. The van der Waals surface area contributed by atoms with Gasteiger partial charge in [-0.25, -0.2) is 4.98 Å². The minimum absolute atomic E-state index is 0.138. The highest BCUT2D eigenvalue weighted by Gasteiger charge is 2.17. The van der Waals surface area contributed by atoms with Crippen LogP contribution in [0.4, 0.5) is 0 Å². The summed E-state index contributed by atoms with van der Waals surface area (Å²) in [5.74, 6) is 1.27. The molecule has 1 atom stereocenters. The van der Waals surface area contributed by atoms with Crippen LogP contribution in [0.1, 0.15) is 11.7 Å². The number of nitrogens with zero attached hydrogens (tertiary/aromatic N) is 2. The summed E-state index contributed by atoms with van der Waals surface area (Å²) in [6.07, 6.45) is 0.638. The lowest BCUT2D eigenvalue weighted by Gasteiger charge is -2.13. The molecule has 22 heavy (non-hydrogen) atoms. The Balaban J connectivity index is 1.64. The third kappa shape index (κ3) is 2.15. The molecule has 0 saturated carbocycles. The molecule has 0 bridgehead atoms. The molecule has 0 radical (unpaired) electrons. The van der Waals surface area contributed by atoms with E-state index >= 15 is 0 Å². The van der Waals surface area contributed by atoms with Crippen LogP contribution in [-0.2, 0) is 6.54 Å². The number of ether oxygens (including phenoxy) is 2. The summed E-state index contributed by atoms with van der Waals surface area (Å²) in [5, 5.41) is 12.2. The van der Waals surface area contributed by atoms with Crippen molar-refractivity contribution in [3.63, 3.8) is 0 Å². The van der Waals surface area contributed by atoms with Gasteiger partial charge in [-0.05, 0) is 29.1 Å². The van der Waals surface area contributed by atoms with Crippen LogP contribution in [0, 0.1) is 0 Å². The number of thiophene rings is 1. The molecule has 3 aromatic rings. The number of aliphatic hydroxyl groups excluding tert-OH is 1. The van der Waals surface area contributed by atoms with E-state index in [1.165, 1.54) is 22.2 Å². The van der Waals surface area contributed by atoms with Crippen LogP contribution in [0.2, 0.25) is 0 Å². The van der Waals surface area contributed by atoms with E-state index < -0.39 is 6.10 Å². The van der Waals surface area contributed by atoms with E-state index in [0.717, 1.165) is 0 Å². The maximum absolute atomic E-state index is 12.3. The molecule has 3 heterocycles. The molecule has 0 fully saturated rings. The second kappa shape index (κ2) is 5.11. The van der Waals surface area contributed by atoms with Gasteiger partial charge < -0.3 is 14.6 Å². The highest BCUT2D eigenvalue weighted by Crippen LogP contribution is 2.34. The first kappa shape index (κ1) is 13.3. The quantitative estimate of drug-likeness (QED) is 0.799. The van der Waals surface area contributed by atoms with Crippen molar-refractivity contribution in [2.24, 2.45) is 0 Å². The molecule has 112 valence electrons. The number of rotatable bonds is 3. The molecule has 1 aliphatic rings. The first-order valence-corrected chi connectivity index (χ1v) is 7.60. The van der Waals surface area contributed by atoms with Crippen LogP contribution in [0.15, 0.2) is 40.8 Å². The van der Waals surface area contributed by atoms with Gasteiger partial charge in [-0.2, -0.15) is 0 Å². The molecular weight excluding hydrogens is 304 g/mol. The summed E-state index contributed by atoms with van der Waals surface area (Å²) in [5.41, 5.74) is 1.21. The van der Waals surface area contributed by atoms with E-state index in [0.29, 0.717) is 27.3 Å². The standard InChI is InChI=1S/C15H12N2O4S/c18-11(9-1-2-12-13(5-9)21-8-20-12)6-17-7-16-10-3-4-22-14(10)15(17)19/h1-5,7,11,18H,6,8H2. The van der Waals surface area contributed by atoms with Gasteiger partial charge in [-0.3, -0.25) is 9.36 Å². The van der Waals surface area contributed by atoms with Gasteiger partial charge in [0.1, 0.15) is 4.70 Å². The summed E-state index contributed by atoms with van der Waals surface area (Å²) in [6, 6.07) is 7.06. The largest absolute Gasteiger partial charge is 0.454 e. The third-order valence-corrected chi connectivity index (χ3v) is 4.48. The smallest absolute Gasteiger partial charge is 0.271 e. The summed E-state index contributed by atoms with van der Waals surface area (Å²) >= 11 is 1.35. The zero-order chi connectivity index (χ0) is 15.1. The summed E-state index contributed by atoms with van der Waals surface area (Å²) in [6.45, 7) is 0.326. The zero-order valence-electron chi connectivity index (χ0n) is 11.4. The fourth-order valence-corrected chi connectivity index (χ4v) is 3.21. The van der Waals surface area contributed by atoms with Crippen LogP contribution < -0.4 is 15.0 Å². The molecule has 1 unspecified atom stereocenters. The minimum Gasteiger partial charge on any atom is -0.454 e. The molecule has 0 aliphatic carbocycles. The van der Waals surface area contributed by atoms with E-state index in [4.69, 9.17) is 9.47 Å². The first-order valence-electron chi connectivity index (χ1n) is 6.72. The topological polar surface area (TPSA) is 73.6 Å². The Morgan fingerprint density at radius 2 is 2.18 bits per heavy atom. The average molecular weight is 316 g/mol. The van der Waals surface area contributed by atoms with E-state index in [-0.39, 0.29) is 18.9 Å². The summed E-state index contributed by atoms with van der Waals surface area (Å²) in [4.78, 5) is 16.5. The van der Waals surface area contributed by atoms with E-state index in [9.17, 15) is 9.90 Å². The fraction of sp³-hybridized carbons (Fsp3) is 0.200. The molecule has 4 rings (SSSR count). The second-order valence-electron chi connectivity index (χ2n) is 4.97. The fourth-order valence-electron chi connectivity index (χ4n) is 2.42. The second-order valence-corrected chi connectivity index (χ2v) is 5.88. The Labute approximate surface area is 129 Å². The van der Waals surface area contributed by atoms with Crippen LogP contribution in [0.3, 0.4) is 0 Å². The number of hydrogen-bond donors (Lipinski definition) is 1. The lowest BCUT2D eigenvalue weighted by Crippen LogP contribution is -2.23. The van der Waals surface area contributed by atoms with Gasteiger partial charge >= 0.3 is 0 Å². The Morgan fingerprint density at radius 3 is 3.09 bits per heavy atom. The molecule has 0 amide bonds. The number of hydrogen-bond acceptors (Lipinski definition) is 6. The lowest BCUT2D eigenvalue weighted by molar-refractivity contribution is 0.154. The minimum atomic E-state index is -0.827. The third-order valence-electron chi connectivity index (χ3n) is 3.59. The van der Waals surface area contributed by atoms with E-state index in [2.05, 4.69) is 4.98 Å². The molecule has 1 aliphatic heterocycles. The SMILES string of the molecule is O=c1c2sccc2ncn1CC(O)c1ccc2c(c1)OCO2. The summed E-state index contributed by atoms with van der Waals surface area (Å²) in [7, 11) is 0. The van der Waals surface area contributed by atoms with Crippen LogP contribution in [0.5, 0.6) is 11.5 Å². The molecule has 0 saturated heterocycles. The highest BCUT2D eigenvalue weighted by atomic mass is 32.1. The number of fused-ring (bicyclic) bond motifs is 2. The maximum atomic E-state index is 12.3. The Bertz CT molecular complexity index is 902. The predicted octanol–water partition coefficient (Wildman–Crippen LogP) is 1.92. The van der Waals surface area contributed by atoms with Crippen molar-refractivity contribution in [1.82, 2.24) is 9.55 Å². The van der Waals surface area contributed by atoms with Gasteiger partial charge in [-0.15, -0.1) is 11.3 Å². The van der Waals surface area contributed by atoms with Gasteiger partial charge in [0.25, 0.3) is 5.56 Å². The number of aliphatic hydroxyl groups is 1. The average Bonchev–Trinajstić information content (AvgIpc) is 3.17. The number of benzene rings is 1. The van der Waals surface area contributed by atoms with Crippen molar-refractivity contribution in [1.29, 1.82) is 0 Å². The Kier molecular flexibility index (Phi) is 3.09. The van der Waals surface area contributed by atoms with Gasteiger partial charge in [-0.1, -0.05) is 6.07 Å². The predicted molar refractivity (Wildman–Crippen MR) is 81.4 cm³/mol. The lowest BCUT2D eigenvalue weighted by atomic mass is 10.1. The number of aromatic nitrogens is 2. The molecular formula is C15H12N2O4S. The summed E-state index contributed by atoms with van der Waals surface area (Å²) < 4.78 is 12.6. The first-order chi connectivity index (χ1) is 10.7. The van der Waals surface area contributed by atoms with Gasteiger partial charge in [0.2, 0.25) is 6.79 Å². The molecule has 7 heteroatoms. The van der Waals surface area contributed by atoms with Crippen LogP contribution in [0.25, 0.3) is 10.2 Å². The molecule has 6 nitrogen and oxygen atoms in total. The van der Waals surface area contributed by atoms with Gasteiger partial charge in [0.05, 0.1) is 24.5 Å². The van der Waals surface area contributed by atoms with Crippen LogP contribution >= 0.6 is 11.3 Å². The maximum Gasteiger partial charge on any atom is 0.271 e. The normalized spacial score (nSPS) is 14.4. The van der Waals surface area contributed by atoms with E-state index in [1.54, 1.807) is 24.3 Å². The van der Waals surface area contributed by atoms with Crippen LogP contribution in [-0.4, -0.2) is 21.5 Å². The van der Waals surface area contributed by atoms with Crippen molar-refractivity contribution in [3.05, 3.63) is 51.9 Å². The molecule has 2 aromatic heterocycles. The molecule has 1 aromatic carbocycles. The van der Waals surface area contributed by atoms with Crippen molar-refractivity contribution >= 4 is 21.6 Å². The van der Waals surface area contributed by atoms with Gasteiger partial charge in [0.15, 0.2) is 11.5 Å². The van der Waals surface area contributed by atoms with Gasteiger partial charge in [0, 0.05) is 0 Å². The van der Waals surface area contributed by atoms with Crippen molar-refractivity contribution < 1.29 is 14.6 Å². The Morgan fingerprint density at radius 1 is 1.32 bits per heavy atom. The van der Waals surface area contributed by atoms with Crippen molar-refractivity contribution in [2.75, 3.05) is 6.79 Å². The highest BCUT2D eigenvalue weighted by molar-refractivity contribution is 7.17. The monoisotopic (exact) mass is 316 g/mol. The zero-order valence-corrected chi connectivity index (χ0v) is 12.2. The van der Waals surface area contributed by atoms with Crippen molar-refractivity contribution in [3.8, 4) is 11.5 Å².